The first kappa shape index (κ1) is 17.5. The van der Waals surface area contributed by atoms with Crippen LogP contribution in [-0.2, 0) is 9.53 Å². The smallest absolute Gasteiger partial charge is 0.407 e. The van der Waals surface area contributed by atoms with Crippen LogP contribution >= 0.6 is 15.9 Å². The standard InChI is InChI=1S/C15H21BrN4O3/c16-12-1-2-14(19-9-12)20-7-4-11(5-8-20)3-6-18-15(22)23-10-13(17)21/h1-2,9,11H,3-8,10H2,(H2,17,21)(H,18,22). The van der Waals surface area contributed by atoms with Crippen molar-refractivity contribution in [3.63, 3.8) is 0 Å². The minimum absolute atomic E-state index is 0.385. The zero-order valence-corrected chi connectivity index (χ0v) is 14.4. The lowest BCUT2D eigenvalue weighted by Gasteiger charge is -2.32. The van der Waals surface area contributed by atoms with E-state index >= 15 is 0 Å². The number of primary amides is 1. The molecule has 0 bridgehead atoms. The lowest BCUT2D eigenvalue weighted by atomic mass is 9.93. The van der Waals surface area contributed by atoms with E-state index in [-0.39, 0.29) is 6.61 Å². The molecule has 0 aromatic carbocycles. The zero-order valence-electron chi connectivity index (χ0n) is 12.8. The van der Waals surface area contributed by atoms with Gasteiger partial charge < -0.3 is 20.7 Å². The van der Waals surface area contributed by atoms with Gasteiger partial charge in [0.15, 0.2) is 6.61 Å². The van der Waals surface area contributed by atoms with Gasteiger partial charge >= 0.3 is 6.09 Å². The molecule has 1 fully saturated rings. The van der Waals surface area contributed by atoms with Crippen LogP contribution in [0, 0.1) is 5.92 Å². The maximum Gasteiger partial charge on any atom is 0.407 e. The number of aromatic nitrogens is 1. The fraction of sp³-hybridized carbons (Fsp3) is 0.533. The second-order valence-corrected chi connectivity index (χ2v) is 6.44. The van der Waals surface area contributed by atoms with Crippen molar-refractivity contribution in [2.45, 2.75) is 19.3 Å². The molecule has 0 unspecified atom stereocenters. The minimum Gasteiger partial charge on any atom is -0.439 e. The summed E-state index contributed by atoms with van der Waals surface area (Å²) in [6, 6.07) is 4.01. The minimum atomic E-state index is -0.658. The molecule has 0 saturated carbocycles. The number of ether oxygens (including phenoxy) is 1. The topological polar surface area (TPSA) is 97.6 Å². The fourth-order valence-corrected chi connectivity index (χ4v) is 2.81. The summed E-state index contributed by atoms with van der Waals surface area (Å²) < 4.78 is 5.61. The molecular weight excluding hydrogens is 364 g/mol. The number of halogens is 1. The molecule has 23 heavy (non-hydrogen) atoms. The third-order valence-electron chi connectivity index (χ3n) is 3.82. The van der Waals surface area contributed by atoms with E-state index in [1.807, 2.05) is 18.3 Å². The summed E-state index contributed by atoms with van der Waals surface area (Å²) in [6.45, 7) is 2.08. The number of nitrogens with zero attached hydrogens (tertiary/aromatic N) is 2. The maximum atomic E-state index is 11.3. The second kappa shape index (κ2) is 8.71. The molecule has 8 heteroatoms. The van der Waals surface area contributed by atoms with Crippen LogP contribution in [0.25, 0.3) is 0 Å². The molecule has 3 N–H and O–H groups in total. The van der Waals surface area contributed by atoms with Crippen LogP contribution in [0.5, 0.6) is 0 Å². The number of piperidine rings is 1. The predicted octanol–water partition coefficient (Wildman–Crippen LogP) is 1.66. The molecule has 1 aromatic heterocycles. The van der Waals surface area contributed by atoms with E-state index in [1.54, 1.807) is 0 Å². The monoisotopic (exact) mass is 384 g/mol. The second-order valence-electron chi connectivity index (χ2n) is 5.52. The molecule has 2 heterocycles. The Kier molecular flexibility index (Phi) is 6.64. The highest BCUT2D eigenvalue weighted by molar-refractivity contribution is 9.10. The number of carbonyl (C=O) groups is 2. The Morgan fingerprint density at radius 3 is 2.74 bits per heavy atom. The van der Waals surface area contributed by atoms with Crippen molar-refractivity contribution in [2.24, 2.45) is 11.7 Å². The number of rotatable bonds is 6. The van der Waals surface area contributed by atoms with Gasteiger partial charge in [0, 0.05) is 30.3 Å². The van der Waals surface area contributed by atoms with Gasteiger partial charge in [-0.15, -0.1) is 0 Å². The van der Waals surface area contributed by atoms with E-state index in [2.05, 4.69) is 35.9 Å². The van der Waals surface area contributed by atoms with E-state index in [1.165, 1.54) is 0 Å². The van der Waals surface area contributed by atoms with Crippen LogP contribution in [0.15, 0.2) is 22.8 Å². The highest BCUT2D eigenvalue weighted by Gasteiger charge is 2.20. The molecule has 1 aromatic rings. The zero-order chi connectivity index (χ0) is 16.7. The average Bonchev–Trinajstić information content (AvgIpc) is 2.54. The lowest BCUT2D eigenvalue weighted by Crippen LogP contribution is -2.36. The summed E-state index contributed by atoms with van der Waals surface area (Å²) in [7, 11) is 0. The molecule has 1 aliphatic heterocycles. The summed E-state index contributed by atoms with van der Waals surface area (Å²) in [6.07, 6.45) is 4.24. The summed E-state index contributed by atoms with van der Waals surface area (Å²) in [5, 5.41) is 2.63. The first-order valence-corrected chi connectivity index (χ1v) is 8.39. The summed E-state index contributed by atoms with van der Waals surface area (Å²) >= 11 is 3.39. The van der Waals surface area contributed by atoms with Crippen molar-refractivity contribution in [2.75, 3.05) is 31.1 Å². The summed E-state index contributed by atoms with van der Waals surface area (Å²) in [4.78, 5) is 28.5. The number of hydrogen-bond donors (Lipinski definition) is 2. The number of nitrogens with two attached hydrogens (primary N) is 1. The Hall–Kier alpha value is -1.83. The number of hydrogen-bond acceptors (Lipinski definition) is 5. The van der Waals surface area contributed by atoms with Crippen LogP contribution in [-0.4, -0.2) is 43.2 Å². The third kappa shape index (κ3) is 6.05. The Morgan fingerprint density at radius 2 is 2.13 bits per heavy atom. The fourth-order valence-electron chi connectivity index (χ4n) is 2.57. The Labute approximate surface area is 143 Å². The Balaban J connectivity index is 1.64. The normalized spacial score (nSPS) is 15.3. The molecule has 0 radical (unpaired) electrons. The average molecular weight is 385 g/mol. The number of nitrogens with one attached hydrogen (secondary N) is 1. The van der Waals surface area contributed by atoms with Gasteiger partial charge in [-0.2, -0.15) is 0 Å². The van der Waals surface area contributed by atoms with Crippen LogP contribution in [0.1, 0.15) is 19.3 Å². The summed E-state index contributed by atoms with van der Waals surface area (Å²) in [5.41, 5.74) is 4.90. The molecule has 2 amide bonds. The highest BCUT2D eigenvalue weighted by Crippen LogP contribution is 2.24. The lowest BCUT2D eigenvalue weighted by molar-refractivity contribution is -0.120. The number of alkyl carbamates (subject to hydrolysis) is 1. The van der Waals surface area contributed by atoms with Gasteiger partial charge in [-0.1, -0.05) is 0 Å². The van der Waals surface area contributed by atoms with E-state index in [4.69, 9.17) is 5.73 Å². The van der Waals surface area contributed by atoms with Crippen molar-refractivity contribution < 1.29 is 14.3 Å². The molecule has 0 atom stereocenters. The SMILES string of the molecule is NC(=O)COC(=O)NCCC1CCN(c2ccc(Br)cn2)CC1. The van der Waals surface area contributed by atoms with Crippen LogP contribution in [0.4, 0.5) is 10.6 Å². The van der Waals surface area contributed by atoms with Gasteiger partial charge in [0.25, 0.3) is 5.91 Å². The van der Waals surface area contributed by atoms with Crippen LogP contribution < -0.4 is 16.0 Å². The molecule has 0 aliphatic carbocycles. The van der Waals surface area contributed by atoms with Gasteiger partial charge in [0.1, 0.15) is 5.82 Å². The third-order valence-corrected chi connectivity index (χ3v) is 4.29. The largest absolute Gasteiger partial charge is 0.439 e. The van der Waals surface area contributed by atoms with E-state index in [0.29, 0.717) is 12.5 Å². The van der Waals surface area contributed by atoms with E-state index in [0.717, 1.165) is 42.6 Å². The van der Waals surface area contributed by atoms with Crippen molar-refractivity contribution in [3.8, 4) is 0 Å². The van der Waals surface area contributed by atoms with Gasteiger partial charge in [0.2, 0.25) is 0 Å². The first-order valence-electron chi connectivity index (χ1n) is 7.60. The number of carbonyl (C=O) groups excluding carboxylic acids is 2. The van der Waals surface area contributed by atoms with Gasteiger partial charge in [-0.25, -0.2) is 9.78 Å². The highest BCUT2D eigenvalue weighted by atomic mass is 79.9. The molecular formula is C15H21BrN4O3. The van der Waals surface area contributed by atoms with Crippen molar-refractivity contribution in [1.82, 2.24) is 10.3 Å². The number of amides is 2. The van der Waals surface area contributed by atoms with Gasteiger partial charge in [-0.3, -0.25) is 4.79 Å². The van der Waals surface area contributed by atoms with Crippen molar-refractivity contribution in [3.05, 3.63) is 22.8 Å². The molecule has 0 spiro atoms. The molecule has 1 saturated heterocycles. The van der Waals surface area contributed by atoms with Gasteiger partial charge in [-0.05, 0) is 53.2 Å². The van der Waals surface area contributed by atoms with Crippen LogP contribution in [0.3, 0.4) is 0 Å². The quantitative estimate of drug-likeness (QED) is 0.776. The van der Waals surface area contributed by atoms with Crippen molar-refractivity contribution in [1.29, 1.82) is 0 Å². The Morgan fingerprint density at radius 1 is 1.39 bits per heavy atom. The molecule has 2 rings (SSSR count). The Bertz CT molecular complexity index is 530. The number of anilines is 1. The maximum absolute atomic E-state index is 11.3. The van der Waals surface area contributed by atoms with Crippen LogP contribution in [0.2, 0.25) is 0 Å². The first-order chi connectivity index (χ1) is 11.0. The predicted molar refractivity (Wildman–Crippen MR) is 90.0 cm³/mol. The van der Waals surface area contributed by atoms with Gasteiger partial charge in [0.05, 0.1) is 0 Å². The van der Waals surface area contributed by atoms with E-state index in [9.17, 15) is 9.59 Å². The number of pyridine rings is 1. The molecule has 126 valence electrons. The van der Waals surface area contributed by atoms with Crippen molar-refractivity contribution >= 4 is 33.7 Å². The molecule has 1 aliphatic rings. The van der Waals surface area contributed by atoms with E-state index < -0.39 is 12.0 Å². The molecule has 7 nitrogen and oxygen atoms in total. The summed E-state index contributed by atoms with van der Waals surface area (Å²) in [5.74, 6) is 0.909.